The largest absolute Gasteiger partial charge is 0.182 e. The van der Waals surface area contributed by atoms with Gasteiger partial charge in [0.05, 0.1) is 12.7 Å². The van der Waals surface area contributed by atoms with Gasteiger partial charge in [-0.25, -0.2) is 0 Å². The Balaban J connectivity index is 1.83. The predicted molar refractivity (Wildman–Crippen MR) is 115 cm³/mol. The van der Waals surface area contributed by atoms with E-state index in [9.17, 15) is 0 Å². The van der Waals surface area contributed by atoms with E-state index in [1.807, 2.05) is 10.6 Å². The summed E-state index contributed by atoms with van der Waals surface area (Å²) in [5.41, 5.74) is 9.33. The Hall–Kier alpha value is 0.0700. The standard InChI is InChI=1S/C18H22P5/c1-11-7-13(3)17(14(4)8-11)23(21-19-20(21)22(19)23)18-15(5)9-12(2)10-16(18)6/h7-10H,1-6H3/q+1. The monoisotopic (exact) mass is 393 g/mol. The van der Waals surface area contributed by atoms with Crippen molar-refractivity contribution in [3.05, 3.63) is 57.6 Å². The highest BCUT2D eigenvalue weighted by molar-refractivity contribution is 9.44. The van der Waals surface area contributed by atoms with E-state index in [1.54, 1.807) is 22.3 Å². The highest BCUT2D eigenvalue weighted by Gasteiger charge is 2.78. The number of hydrogen-bond donors (Lipinski definition) is 0. The van der Waals surface area contributed by atoms with Crippen LogP contribution in [0.1, 0.15) is 33.4 Å². The van der Waals surface area contributed by atoms with E-state index in [2.05, 4.69) is 65.8 Å². The van der Waals surface area contributed by atoms with Crippen LogP contribution in [0.25, 0.3) is 0 Å². The van der Waals surface area contributed by atoms with Crippen molar-refractivity contribution in [2.45, 2.75) is 41.5 Å². The molecular formula is C18H22P5+. The summed E-state index contributed by atoms with van der Waals surface area (Å²) < 4.78 is 0. The van der Waals surface area contributed by atoms with E-state index in [-0.39, 0.29) is 0 Å². The van der Waals surface area contributed by atoms with Gasteiger partial charge >= 0.3 is 0 Å². The van der Waals surface area contributed by atoms with Crippen molar-refractivity contribution in [1.82, 2.24) is 0 Å². The van der Waals surface area contributed by atoms with Gasteiger partial charge in [-0.2, -0.15) is 0 Å². The van der Waals surface area contributed by atoms with Crippen LogP contribution in [0.4, 0.5) is 0 Å². The van der Waals surface area contributed by atoms with Gasteiger partial charge in [0.1, 0.15) is 23.8 Å². The van der Waals surface area contributed by atoms with Gasteiger partial charge in [0.25, 0.3) is 0 Å². The van der Waals surface area contributed by atoms with Crippen molar-refractivity contribution >= 4 is 43.1 Å². The van der Waals surface area contributed by atoms with E-state index < -0.39 is 6.64 Å². The molecule has 0 fully saturated rings. The fourth-order valence-electron chi connectivity index (χ4n) is 4.60. The molecule has 5 heteroatoms. The van der Waals surface area contributed by atoms with Crippen LogP contribution in [-0.2, 0) is 0 Å². The normalized spacial score (nSPS) is 18.9. The second-order valence-electron chi connectivity index (χ2n) is 7.17. The SMILES string of the molecule is Cc1cc(C)c([P+]2(c3c(C)cc(C)cc3C)p3p4p2p34)c(C)c1. The summed E-state index contributed by atoms with van der Waals surface area (Å²) in [4.78, 5) is 0. The maximum absolute atomic E-state index is 2.46. The van der Waals surface area contributed by atoms with E-state index >= 15 is 0 Å². The minimum atomic E-state index is -0.934. The molecule has 2 aliphatic rings. The molecule has 0 unspecified atom stereocenters. The molecule has 0 saturated heterocycles. The molecule has 0 radical (unpaired) electrons. The average molecular weight is 393 g/mol. The lowest BCUT2D eigenvalue weighted by Gasteiger charge is -2.33. The zero-order valence-electron chi connectivity index (χ0n) is 14.5. The van der Waals surface area contributed by atoms with Crippen molar-refractivity contribution in [1.29, 1.82) is 0 Å². The van der Waals surface area contributed by atoms with Gasteiger partial charge in [0.2, 0.25) is 0 Å². The van der Waals surface area contributed by atoms with Gasteiger partial charge in [-0.15, -0.1) is 0 Å². The third-order valence-electron chi connectivity index (χ3n) is 5.15. The molecular weight excluding hydrogens is 371 g/mol. The molecule has 0 aliphatic carbocycles. The molecule has 0 nitrogen and oxygen atoms in total. The molecule has 2 bridgehead atoms. The Bertz CT molecular complexity index is 931. The van der Waals surface area contributed by atoms with Crippen molar-refractivity contribution in [2.75, 3.05) is 0 Å². The second-order valence-corrected chi connectivity index (χ2v) is 41.7. The van der Waals surface area contributed by atoms with Crippen LogP contribution in [0.2, 0.25) is 0 Å². The van der Waals surface area contributed by atoms with E-state index in [0.29, 0.717) is 25.9 Å². The Morgan fingerprint density at radius 3 is 1.13 bits per heavy atom. The smallest absolute Gasteiger partial charge is 0.0524 e. The summed E-state index contributed by atoms with van der Waals surface area (Å²) in [6, 6.07) is 9.85. The number of benzene rings is 2. The minimum Gasteiger partial charge on any atom is -0.0524 e. The van der Waals surface area contributed by atoms with Crippen LogP contribution in [0.15, 0.2) is 24.3 Å². The zero-order valence-corrected chi connectivity index (χ0v) is 19.0. The van der Waals surface area contributed by atoms with Crippen LogP contribution in [0, 0.1) is 41.5 Å². The molecule has 6 rings (SSSR count). The first-order valence-corrected chi connectivity index (χ1v) is 20.3. The first-order chi connectivity index (χ1) is 10.9. The Morgan fingerprint density at radius 1 is 0.565 bits per heavy atom. The maximum atomic E-state index is 2.46. The third kappa shape index (κ3) is 1.71. The molecule has 0 N–H and O–H groups in total. The zero-order chi connectivity index (χ0) is 16.3. The van der Waals surface area contributed by atoms with Crippen LogP contribution in [0.5, 0.6) is 0 Å². The average Bonchev–Trinajstić information content (AvgIpc) is 3.21. The Kier molecular flexibility index (Phi) is 3.08. The lowest BCUT2D eigenvalue weighted by atomic mass is 10.1. The lowest BCUT2D eigenvalue weighted by molar-refractivity contribution is 1.35. The second kappa shape index (κ2) is 4.62. The van der Waals surface area contributed by atoms with Gasteiger partial charge in [0, 0.05) is 0 Å². The molecule has 0 spiro atoms. The van der Waals surface area contributed by atoms with Crippen LogP contribution >= 0.6 is 32.5 Å². The number of aryl methyl sites for hydroxylation is 6. The van der Waals surface area contributed by atoms with Gasteiger partial charge in [-0.3, -0.25) is 0 Å². The fourth-order valence-corrected chi connectivity index (χ4v) is 142. The van der Waals surface area contributed by atoms with Crippen LogP contribution in [0.3, 0.4) is 0 Å². The van der Waals surface area contributed by atoms with Gasteiger partial charge in [0.15, 0.2) is 6.64 Å². The molecule has 0 saturated carbocycles. The summed E-state index contributed by atoms with van der Waals surface area (Å²) in [5, 5.41) is 3.73. The van der Waals surface area contributed by atoms with E-state index in [1.165, 1.54) is 11.1 Å². The third-order valence-corrected chi connectivity index (χ3v) is 81.8. The molecule has 118 valence electrons. The molecule has 4 aromatic rings. The summed E-state index contributed by atoms with van der Waals surface area (Å²) in [7, 11) is 0. The van der Waals surface area contributed by atoms with Crippen LogP contribution < -0.4 is 10.6 Å². The van der Waals surface area contributed by atoms with Gasteiger partial charge < -0.3 is 0 Å². The van der Waals surface area contributed by atoms with Crippen molar-refractivity contribution in [3.8, 4) is 0 Å². The van der Waals surface area contributed by atoms with E-state index in [4.69, 9.17) is 0 Å². The first kappa shape index (κ1) is 15.3. The van der Waals surface area contributed by atoms with Gasteiger partial charge in [-0.05, 0) is 63.8 Å². The fraction of sp³-hybridized carbons (Fsp3) is 0.333. The molecule has 2 aromatic carbocycles. The number of rotatable bonds is 2. The predicted octanol–water partition coefficient (Wildman–Crippen LogP) is 7.88. The van der Waals surface area contributed by atoms with Crippen LogP contribution in [-0.4, -0.2) is 0 Å². The minimum absolute atomic E-state index is 0.494. The summed E-state index contributed by atoms with van der Waals surface area (Å²) in [6.07, 6.45) is 1.35. The van der Waals surface area contributed by atoms with Crippen molar-refractivity contribution in [3.63, 3.8) is 0 Å². The number of hydrogen-bond acceptors (Lipinski definition) is 0. The highest BCUT2D eigenvalue weighted by atomic mass is 33.4. The quantitative estimate of drug-likeness (QED) is 0.268. The molecule has 0 atom stereocenters. The van der Waals surface area contributed by atoms with Crippen molar-refractivity contribution in [2.24, 2.45) is 0 Å². The lowest BCUT2D eigenvalue weighted by Crippen LogP contribution is -2.26. The summed E-state index contributed by atoms with van der Waals surface area (Å²) in [5.74, 6) is 0. The van der Waals surface area contributed by atoms with Crippen molar-refractivity contribution < 1.29 is 0 Å². The van der Waals surface area contributed by atoms with E-state index in [0.717, 1.165) is 0 Å². The first-order valence-electron chi connectivity index (χ1n) is 8.16. The van der Waals surface area contributed by atoms with Gasteiger partial charge in [-0.1, -0.05) is 35.4 Å². The molecule has 2 aromatic heterocycles. The Morgan fingerprint density at radius 2 is 0.870 bits per heavy atom. The Labute approximate surface area is 142 Å². The molecule has 2 aliphatic heterocycles. The molecule has 4 heterocycles. The maximum Gasteiger partial charge on any atom is 0.182 e. The summed E-state index contributed by atoms with van der Waals surface area (Å²) >= 11 is 0. The highest BCUT2D eigenvalue weighted by Crippen LogP contribution is 3.42. The molecule has 0 amide bonds. The summed E-state index contributed by atoms with van der Waals surface area (Å²) in [6.45, 7) is 14.2. The molecule has 23 heavy (non-hydrogen) atoms. The topological polar surface area (TPSA) is 0 Å².